The van der Waals surface area contributed by atoms with Gasteiger partial charge in [-0.15, -0.1) is 11.3 Å². The molecule has 0 saturated carbocycles. The number of aromatic nitrogens is 1. The lowest BCUT2D eigenvalue weighted by Crippen LogP contribution is -2.30. The standard InChI is InChI=1S/C21H21ClN2O5S2/c22-15-1-3-18(14(9-15)10-16(26)12-25)24-6-7-29-20-11-17(2-4-19(20)24)31(27,28)13-21-23-5-8-30-21/h1-5,8-9,11,16,25-26H,6-7,10,12-13H2. The molecule has 10 heteroatoms. The van der Waals surface area contributed by atoms with E-state index in [0.29, 0.717) is 28.9 Å². The lowest BCUT2D eigenvalue weighted by atomic mass is 10.0. The van der Waals surface area contributed by atoms with Gasteiger partial charge in [-0.25, -0.2) is 13.4 Å². The van der Waals surface area contributed by atoms with Crippen LogP contribution in [0.5, 0.6) is 5.75 Å². The number of thiazole rings is 1. The molecule has 2 aromatic carbocycles. The van der Waals surface area contributed by atoms with Crippen molar-refractivity contribution in [3.8, 4) is 5.75 Å². The molecule has 164 valence electrons. The van der Waals surface area contributed by atoms with Crippen molar-refractivity contribution in [3.05, 3.63) is 63.6 Å². The van der Waals surface area contributed by atoms with E-state index < -0.39 is 15.9 Å². The Kier molecular flexibility index (Phi) is 6.49. The molecular formula is C21H21ClN2O5S2. The molecule has 0 bridgehead atoms. The molecule has 1 aliphatic heterocycles. The summed E-state index contributed by atoms with van der Waals surface area (Å²) < 4.78 is 31.4. The van der Waals surface area contributed by atoms with Gasteiger partial charge >= 0.3 is 0 Å². The van der Waals surface area contributed by atoms with Gasteiger partial charge in [-0.1, -0.05) is 11.6 Å². The van der Waals surface area contributed by atoms with Crippen LogP contribution in [-0.4, -0.2) is 49.5 Å². The molecule has 7 nitrogen and oxygen atoms in total. The normalized spacial score (nSPS) is 14.7. The largest absolute Gasteiger partial charge is 0.489 e. The molecule has 1 unspecified atom stereocenters. The fourth-order valence-corrected chi connectivity index (χ4v) is 5.97. The zero-order valence-corrected chi connectivity index (χ0v) is 18.8. The van der Waals surface area contributed by atoms with E-state index in [1.165, 1.54) is 11.3 Å². The van der Waals surface area contributed by atoms with E-state index in [4.69, 9.17) is 16.3 Å². The summed E-state index contributed by atoms with van der Waals surface area (Å²) in [7, 11) is -3.56. The van der Waals surface area contributed by atoms with Crippen molar-refractivity contribution >= 4 is 44.1 Å². The van der Waals surface area contributed by atoms with Crippen LogP contribution in [0.25, 0.3) is 0 Å². The highest BCUT2D eigenvalue weighted by Gasteiger charge is 2.25. The fourth-order valence-electron chi connectivity index (χ4n) is 3.51. The highest BCUT2D eigenvalue weighted by Crippen LogP contribution is 2.40. The number of aliphatic hydroxyl groups excluding tert-OH is 2. The van der Waals surface area contributed by atoms with Crippen molar-refractivity contribution in [2.45, 2.75) is 23.2 Å². The first-order valence-electron chi connectivity index (χ1n) is 9.60. The number of nitrogens with zero attached hydrogens (tertiary/aromatic N) is 2. The first-order chi connectivity index (χ1) is 14.9. The molecule has 3 aromatic rings. The Morgan fingerprint density at radius 1 is 1.23 bits per heavy atom. The van der Waals surface area contributed by atoms with Gasteiger partial charge in [0.15, 0.2) is 9.84 Å². The van der Waals surface area contributed by atoms with E-state index in [9.17, 15) is 18.6 Å². The van der Waals surface area contributed by atoms with Gasteiger partial charge in [0.05, 0.1) is 29.8 Å². The first kappa shape index (κ1) is 22.0. The van der Waals surface area contributed by atoms with Gasteiger partial charge in [0.2, 0.25) is 0 Å². The van der Waals surface area contributed by atoms with Crippen LogP contribution in [0, 0.1) is 0 Å². The molecule has 1 aliphatic rings. The molecule has 0 radical (unpaired) electrons. The maximum atomic E-state index is 12.8. The van der Waals surface area contributed by atoms with Gasteiger partial charge in [-0.3, -0.25) is 0 Å². The van der Waals surface area contributed by atoms with Gasteiger partial charge in [0.25, 0.3) is 0 Å². The van der Waals surface area contributed by atoms with Crippen molar-refractivity contribution in [1.29, 1.82) is 0 Å². The highest BCUT2D eigenvalue weighted by molar-refractivity contribution is 7.90. The zero-order valence-electron chi connectivity index (χ0n) is 16.4. The van der Waals surface area contributed by atoms with Crippen molar-refractivity contribution in [2.24, 2.45) is 0 Å². The minimum Gasteiger partial charge on any atom is -0.489 e. The van der Waals surface area contributed by atoms with Crippen LogP contribution in [0.1, 0.15) is 10.6 Å². The SMILES string of the molecule is O=S(=O)(Cc1nccs1)c1ccc2c(c1)OCCN2c1ccc(Cl)cc1CC(O)CO. The first-order valence-corrected chi connectivity index (χ1v) is 12.5. The molecule has 1 aromatic heterocycles. The second kappa shape index (κ2) is 9.13. The molecule has 0 aliphatic carbocycles. The molecule has 0 fully saturated rings. The molecule has 2 N–H and O–H groups in total. The zero-order chi connectivity index (χ0) is 22.0. The molecule has 31 heavy (non-hydrogen) atoms. The molecule has 0 amide bonds. The second-order valence-corrected chi connectivity index (χ2v) is 10.5. The molecule has 4 rings (SSSR count). The number of rotatable bonds is 7. The van der Waals surface area contributed by atoms with Crippen molar-refractivity contribution in [2.75, 3.05) is 24.7 Å². The van der Waals surface area contributed by atoms with Gasteiger partial charge in [-0.05, 0) is 35.9 Å². The molecule has 2 heterocycles. The van der Waals surface area contributed by atoms with Gasteiger partial charge in [-0.2, -0.15) is 0 Å². The summed E-state index contributed by atoms with van der Waals surface area (Å²) in [6.45, 7) is 0.557. The number of hydrogen-bond donors (Lipinski definition) is 2. The van der Waals surface area contributed by atoms with Gasteiger partial charge in [0.1, 0.15) is 23.1 Å². The van der Waals surface area contributed by atoms with E-state index in [2.05, 4.69) is 4.98 Å². The van der Waals surface area contributed by atoms with Gasteiger partial charge < -0.3 is 19.8 Å². The molecular weight excluding hydrogens is 460 g/mol. The summed E-state index contributed by atoms with van der Waals surface area (Å²) in [4.78, 5) is 6.25. The lowest BCUT2D eigenvalue weighted by Gasteiger charge is -2.33. The van der Waals surface area contributed by atoms with E-state index in [1.807, 2.05) is 11.0 Å². The summed E-state index contributed by atoms with van der Waals surface area (Å²) in [5.41, 5.74) is 2.32. The topological polar surface area (TPSA) is 100.0 Å². The van der Waals surface area contributed by atoms with Crippen molar-refractivity contribution in [3.63, 3.8) is 0 Å². The molecule has 1 atom stereocenters. The van der Waals surface area contributed by atoms with Crippen molar-refractivity contribution < 1.29 is 23.4 Å². The Bertz CT molecular complexity index is 1170. The predicted octanol–water partition coefficient (Wildman–Crippen LogP) is 3.20. The Hall–Kier alpha value is -2.17. The molecule has 0 spiro atoms. The Morgan fingerprint density at radius 2 is 2.03 bits per heavy atom. The lowest BCUT2D eigenvalue weighted by molar-refractivity contribution is 0.0956. The van der Waals surface area contributed by atoms with E-state index in [1.54, 1.807) is 41.9 Å². The third-order valence-corrected chi connectivity index (χ3v) is 7.77. The Labute approximate surface area is 189 Å². The van der Waals surface area contributed by atoms with Crippen LogP contribution in [0.15, 0.2) is 52.9 Å². The van der Waals surface area contributed by atoms with Crippen molar-refractivity contribution in [1.82, 2.24) is 4.98 Å². The molecule has 0 saturated heterocycles. The third-order valence-electron chi connectivity index (χ3n) is 4.95. The van der Waals surface area contributed by atoms with Crippen LogP contribution < -0.4 is 9.64 Å². The minimum atomic E-state index is -3.56. The van der Waals surface area contributed by atoms with E-state index in [0.717, 1.165) is 16.9 Å². The average molecular weight is 481 g/mol. The van der Waals surface area contributed by atoms with Gasteiger partial charge in [0, 0.05) is 34.8 Å². The number of anilines is 2. The number of halogens is 1. The summed E-state index contributed by atoms with van der Waals surface area (Å²) in [5.74, 6) is 0.308. The summed E-state index contributed by atoms with van der Waals surface area (Å²) in [6, 6.07) is 10.2. The Morgan fingerprint density at radius 3 is 2.77 bits per heavy atom. The number of aliphatic hydroxyl groups is 2. The average Bonchev–Trinajstić information content (AvgIpc) is 3.25. The van der Waals surface area contributed by atoms with Crippen LogP contribution in [0.3, 0.4) is 0 Å². The predicted molar refractivity (Wildman–Crippen MR) is 120 cm³/mol. The third kappa shape index (κ3) is 4.86. The summed E-state index contributed by atoms with van der Waals surface area (Å²) >= 11 is 7.45. The van der Waals surface area contributed by atoms with E-state index in [-0.39, 0.29) is 23.7 Å². The summed E-state index contributed by atoms with van der Waals surface area (Å²) in [5, 5.41) is 22.0. The number of ether oxygens (including phenoxy) is 1. The minimum absolute atomic E-state index is 0.159. The number of fused-ring (bicyclic) bond motifs is 1. The number of hydrogen-bond acceptors (Lipinski definition) is 8. The second-order valence-electron chi connectivity index (χ2n) is 7.13. The van der Waals surface area contributed by atoms with Crippen LogP contribution in [0.4, 0.5) is 11.4 Å². The highest BCUT2D eigenvalue weighted by atomic mass is 35.5. The monoisotopic (exact) mass is 480 g/mol. The summed E-state index contributed by atoms with van der Waals surface area (Å²) in [6.07, 6.45) is 0.913. The van der Waals surface area contributed by atoms with E-state index >= 15 is 0 Å². The quantitative estimate of drug-likeness (QED) is 0.535. The maximum absolute atomic E-state index is 12.8. The number of benzene rings is 2. The van der Waals surface area contributed by atoms with Crippen LogP contribution in [0.2, 0.25) is 5.02 Å². The van der Waals surface area contributed by atoms with Crippen LogP contribution >= 0.6 is 22.9 Å². The Balaban J connectivity index is 1.68. The fraction of sp³-hybridized carbons (Fsp3) is 0.286. The maximum Gasteiger partial charge on any atom is 0.185 e. The smallest absolute Gasteiger partial charge is 0.185 e. The number of sulfone groups is 1. The van der Waals surface area contributed by atoms with Crippen LogP contribution in [-0.2, 0) is 22.0 Å².